The number of carbonyl (C=O) groups excluding carboxylic acids is 1. The second-order valence-corrected chi connectivity index (χ2v) is 9.41. The predicted molar refractivity (Wildman–Crippen MR) is 125 cm³/mol. The van der Waals surface area contributed by atoms with E-state index in [1.165, 1.54) is 17.7 Å². The number of anilines is 1. The van der Waals surface area contributed by atoms with E-state index >= 15 is 0 Å². The lowest BCUT2D eigenvalue weighted by Gasteiger charge is -2.25. The minimum Gasteiger partial charge on any atom is -0.348 e. The third-order valence-electron chi connectivity index (χ3n) is 5.21. The number of aryl methyl sites for hydroxylation is 2. The molecule has 0 spiro atoms. The fraction of sp³-hybridized carbons (Fsp3) is 0.240. The number of amides is 1. The summed E-state index contributed by atoms with van der Waals surface area (Å²) in [5, 5.41) is 2.92. The van der Waals surface area contributed by atoms with E-state index in [-0.39, 0.29) is 23.4 Å². The van der Waals surface area contributed by atoms with Gasteiger partial charge in [-0.15, -0.1) is 0 Å². The summed E-state index contributed by atoms with van der Waals surface area (Å²) < 4.78 is 27.8. The van der Waals surface area contributed by atoms with Crippen LogP contribution in [0.25, 0.3) is 0 Å². The average Bonchev–Trinajstić information content (AvgIpc) is 2.78. The molecule has 0 heterocycles. The zero-order valence-electron chi connectivity index (χ0n) is 18.1. The Morgan fingerprint density at radius 1 is 0.935 bits per heavy atom. The molecule has 0 saturated heterocycles. The van der Waals surface area contributed by atoms with Crippen molar-refractivity contribution in [2.45, 2.75) is 38.1 Å². The van der Waals surface area contributed by atoms with Crippen molar-refractivity contribution in [2.75, 3.05) is 10.8 Å². The molecular weight excluding hydrogens is 408 g/mol. The SMILES string of the molecule is CCc1ccc(C(C)NC(=O)CN(c2ccc(C)cc2)S(=O)(=O)c2ccccc2)cc1. The Balaban J connectivity index is 1.84. The fourth-order valence-electron chi connectivity index (χ4n) is 3.29. The molecule has 3 aromatic rings. The molecule has 3 aromatic carbocycles. The van der Waals surface area contributed by atoms with Gasteiger partial charge in [-0.1, -0.05) is 67.1 Å². The molecule has 0 fully saturated rings. The Morgan fingerprint density at radius 2 is 1.55 bits per heavy atom. The fourth-order valence-corrected chi connectivity index (χ4v) is 4.73. The minimum atomic E-state index is -3.90. The van der Waals surface area contributed by atoms with Crippen LogP contribution in [0.3, 0.4) is 0 Å². The average molecular weight is 437 g/mol. The topological polar surface area (TPSA) is 66.5 Å². The summed E-state index contributed by atoms with van der Waals surface area (Å²) in [6, 6.07) is 23.1. The summed E-state index contributed by atoms with van der Waals surface area (Å²) in [6.45, 7) is 5.60. The van der Waals surface area contributed by atoms with E-state index in [0.717, 1.165) is 21.9 Å². The van der Waals surface area contributed by atoms with Crippen molar-refractivity contribution in [1.29, 1.82) is 0 Å². The number of nitrogens with one attached hydrogen (secondary N) is 1. The van der Waals surface area contributed by atoms with Crippen molar-refractivity contribution in [3.8, 4) is 0 Å². The maximum atomic E-state index is 13.3. The molecular formula is C25H28N2O3S. The van der Waals surface area contributed by atoms with E-state index < -0.39 is 10.0 Å². The van der Waals surface area contributed by atoms with Gasteiger partial charge in [0.25, 0.3) is 10.0 Å². The summed E-state index contributed by atoms with van der Waals surface area (Å²) in [4.78, 5) is 13.0. The number of rotatable bonds is 8. The third-order valence-corrected chi connectivity index (χ3v) is 6.99. The minimum absolute atomic E-state index is 0.145. The van der Waals surface area contributed by atoms with Gasteiger partial charge in [0.1, 0.15) is 6.54 Å². The maximum absolute atomic E-state index is 13.3. The van der Waals surface area contributed by atoms with Crippen LogP contribution in [0.15, 0.2) is 83.8 Å². The quantitative estimate of drug-likeness (QED) is 0.560. The van der Waals surface area contributed by atoms with Crippen molar-refractivity contribution in [3.05, 3.63) is 95.6 Å². The molecule has 162 valence electrons. The molecule has 1 amide bonds. The number of nitrogens with zero attached hydrogens (tertiary/aromatic N) is 1. The molecule has 0 saturated carbocycles. The molecule has 0 aromatic heterocycles. The van der Waals surface area contributed by atoms with Gasteiger partial charge in [-0.3, -0.25) is 9.10 Å². The van der Waals surface area contributed by atoms with Gasteiger partial charge in [0.15, 0.2) is 0 Å². The van der Waals surface area contributed by atoms with Crippen LogP contribution in [0.5, 0.6) is 0 Å². The lowest BCUT2D eigenvalue weighted by Crippen LogP contribution is -2.41. The highest BCUT2D eigenvalue weighted by atomic mass is 32.2. The maximum Gasteiger partial charge on any atom is 0.264 e. The van der Waals surface area contributed by atoms with Gasteiger partial charge in [-0.25, -0.2) is 8.42 Å². The molecule has 3 rings (SSSR count). The van der Waals surface area contributed by atoms with Crippen molar-refractivity contribution >= 4 is 21.6 Å². The van der Waals surface area contributed by atoms with Crippen molar-refractivity contribution < 1.29 is 13.2 Å². The van der Waals surface area contributed by atoms with Crippen LogP contribution in [0, 0.1) is 6.92 Å². The Morgan fingerprint density at radius 3 is 2.13 bits per heavy atom. The van der Waals surface area contributed by atoms with Crippen LogP contribution < -0.4 is 9.62 Å². The molecule has 1 unspecified atom stereocenters. The second-order valence-electron chi connectivity index (χ2n) is 7.54. The Bertz CT molecular complexity index is 1110. The predicted octanol–water partition coefficient (Wildman–Crippen LogP) is 4.63. The van der Waals surface area contributed by atoms with Crippen LogP contribution in [0.4, 0.5) is 5.69 Å². The summed E-state index contributed by atoms with van der Waals surface area (Å²) >= 11 is 0. The van der Waals surface area contributed by atoms with E-state index in [9.17, 15) is 13.2 Å². The van der Waals surface area contributed by atoms with Crippen molar-refractivity contribution in [3.63, 3.8) is 0 Å². The van der Waals surface area contributed by atoms with Crippen LogP contribution in [0.2, 0.25) is 0 Å². The van der Waals surface area contributed by atoms with Gasteiger partial charge < -0.3 is 5.32 Å². The zero-order chi connectivity index (χ0) is 22.4. The van der Waals surface area contributed by atoms with Crippen LogP contribution in [-0.4, -0.2) is 20.9 Å². The number of hydrogen-bond acceptors (Lipinski definition) is 3. The van der Waals surface area contributed by atoms with E-state index in [0.29, 0.717) is 5.69 Å². The Hall–Kier alpha value is -3.12. The molecule has 0 radical (unpaired) electrons. The van der Waals surface area contributed by atoms with Crippen molar-refractivity contribution in [2.24, 2.45) is 0 Å². The monoisotopic (exact) mass is 436 g/mol. The highest BCUT2D eigenvalue weighted by Crippen LogP contribution is 2.24. The van der Waals surface area contributed by atoms with Gasteiger partial charge in [-0.2, -0.15) is 0 Å². The molecule has 0 bridgehead atoms. The van der Waals surface area contributed by atoms with E-state index in [1.54, 1.807) is 30.3 Å². The smallest absolute Gasteiger partial charge is 0.264 e. The number of benzene rings is 3. The normalized spacial score (nSPS) is 12.2. The first kappa shape index (κ1) is 22.6. The summed E-state index contributed by atoms with van der Waals surface area (Å²) in [6.07, 6.45) is 0.948. The van der Waals surface area contributed by atoms with E-state index in [1.807, 2.05) is 50.2 Å². The standard InChI is InChI=1S/C25H28N2O3S/c1-4-21-12-14-22(15-13-21)20(3)26-25(28)18-27(23-16-10-19(2)11-17-23)31(29,30)24-8-6-5-7-9-24/h5-17,20H,4,18H2,1-3H3,(H,26,28). The van der Waals surface area contributed by atoms with Gasteiger partial charge in [0.2, 0.25) is 5.91 Å². The summed E-state index contributed by atoms with van der Waals surface area (Å²) in [5.41, 5.74) is 3.65. The Kier molecular flexibility index (Phi) is 7.13. The number of carbonyl (C=O) groups is 1. The molecule has 0 aliphatic carbocycles. The molecule has 0 aliphatic heterocycles. The largest absolute Gasteiger partial charge is 0.348 e. The first-order chi connectivity index (χ1) is 14.8. The highest BCUT2D eigenvalue weighted by molar-refractivity contribution is 7.92. The molecule has 0 aliphatic rings. The number of sulfonamides is 1. The molecule has 1 N–H and O–H groups in total. The highest BCUT2D eigenvalue weighted by Gasteiger charge is 2.27. The van der Waals surface area contributed by atoms with Gasteiger partial charge in [0, 0.05) is 0 Å². The molecule has 1 atom stereocenters. The third kappa shape index (κ3) is 5.52. The van der Waals surface area contributed by atoms with Gasteiger partial charge in [-0.05, 0) is 55.7 Å². The zero-order valence-corrected chi connectivity index (χ0v) is 18.9. The molecule has 6 heteroatoms. The molecule has 5 nitrogen and oxygen atoms in total. The van der Waals surface area contributed by atoms with Crippen LogP contribution in [-0.2, 0) is 21.2 Å². The van der Waals surface area contributed by atoms with Crippen LogP contribution >= 0.6 is 0 Å². The van der Waals surface area contributed by atoms with Gasteiger partial charge >= 0.3 is 0 Å². The van der Waals surface area contributed by atoms with Crippen molar-refractivity contribution in [1.82, 2.24) is 5.32 Å². The van der Waals surface area contributed by atoms with Crippen LogP contribution in [0.1, 0.15) is 36.6 Å². The second kappa shape index (κ2) is 9.79. The van der Waals surface area contributed by atoms with Gasteiger partial charge in [0.05, 0.1) is 16.6 Å². The summed E-state index contributed by atoms with van der Waals surface area (Å²) in [5.74, 6) is -0.368. The molecule has 31 heavy (non-hydrogen) atoms. The van der Waals surface area contributed by atoms with E-state index in [2.05, 4.69) is 12.2 Å². The lowest BCUT2D eigenvalue weighted by atomic mass is 10.1. The Labute approximate surface area is 184 Å². The summed E-state index contributed by atoms with van der Waals surface area (Å²) in [7, 11) is -3.90. The lowest BCUT2D eigenvalue weighted by molar-refractivity contribution is -0.120. The first-order valence-electron chi connectivity index (χ1n) is 10.3. The van der Waals surface area contributed by atoms with E-state index in [4.69, 9.17) is 0 Å². The first-order valence-corrected chi connectivity index (χ1v) is 11.8. The number of hydrogen-bond donors (Lipinski definition) is 1.